The zero-order chi connectivity index (χ0) is 14.0. The molecule has 1 rings (SSSR count). The molecule has 0 bridgehead atoms. The minimum atomic E-state index is -1.77. The quantitative estimate of drug-likeness (QED) is 0.531. The average molecular weight is 278 g/mol. The van der Waals surface area contributed by atoms with Gasteiger partial charge in [0.25, 0.3) is 0 Å². The van der Waals surface area contributed by atoms with Crippen LogP contribution in [0.2, 0.25) is 0 Å². The Morgan fingerprint density at radius 1 is 0.737 bits per heavy atom. The molecule has 0 aliphatic rings. The van der Waals surface area contributed by atoms with Crippen molar-refractivity contribution in [1.29, 1.82) is 0 Å². The maximum Gasteiger partial charge on any atom is 0.355 e. The molecule has 1 radical (unpaired) electrons. The Morgan fingerprint density at radius 3 is 1.26 bits per heavy atom. The molecule has 1 heterocycles. The summed E-state index contributed by atoms with van der Waals surface area (Å²) in [7, 11) is 0. The molecule has 19 heavy (non-hydrogen) atoms. The van der Waals surface area contributed by atoms with Crippen LogP contribution in [0.15, 0.2) is 6.07 Å². The zero-order valence-corrected chi connectivity index (χ0v) is 11.4. The van der Waals surface area contributed by atoms with Gasteiger partial charge >= 0.3 is 23.9 Å². The van der Waals surface area contributed by atoms with Crippen LogP contribution >= 0.6 is 0 Å². The molecule has 0 aliphatic heterocycles. The van der Waals surface area contributed by atoms with Crippen molar-refractivity contribution in [2.75, 3.05) is 0 Å². The summed E-state index contributed by atoms with van der Waals surface area (Å²) in [5, 5.41) is 34.8. The second kappa shape index (κ2) is 6.27. The Kier molecular flexibility index (Phi) is 5.62. The first-order valence-electron chi connectivity index (χ1n) is 4.24. The van der Waals surface area contributed by atoms with Crippen molar-refractivity contribution in [1.82, 2.24) is 4.98 Å². The number of carbonyl (C=O) groups is 4. The Bertz CT molecular complexity index is 484. The Labute approximate surface area is 126 Å². The van der Waals surface area contributed by atoms with E-state index in [4.69, 9.17) is 20.4 Å². The topological polar surface area (TPSA) is 162 Å². The third kappa shape index (κ3) is 3.50. The van der Waals surface area contributed by atoms with Gasteiger partial charge in [-0.1, -0.05) is 0 Å². The van der Waals surface area contributed by atoms with Crippen molar-refractivity contribution in [2.45, 2.75) is 0 Å². The van der Waals surface area contributed by atoms with Gasteiger partial charge in [0.15, 0.2) is 11.4 Å². The summed E-state index contributed by atoms with van der Waals surface area (Å²) in [6.45, 7) is 0. The van der Waals surface area contributed by atoms with E-state index in [1.807, 2.05) is 0 Å². The predicted octanol–water partition coefficient (Wildman–Crippen LogP) is -0.506. The normalized spacial score (nSPS) is 9.26. The molecule has 0 fully saturated rings. The van der Waals surface area contributed by atoms with E-state index in [2.05, 4.69) is 4.98 Å². The van der Waals surface area contributed by atoms with Crippen LogP contribution in [0.4, 0.5) is 0 Å². The summed E-state index contributed by atoms with van der Waals surface area (Å²) in [6.07, 6.45) is 0. The predicted molar refractivity (Wildman–Crippen MR) is 57.8 cm³/mol. The molecule has 0 saturated heterocycles. The fourth-order valence-corrected chi connectivity index (χ4v) is 1.17. The van der Waals surface area contributed by atoms with Crippen molar-refractivity contribution in [3.63, 3.8) is 0 Å². The zero-order valence-electron chi connectivity index (χ0n) is 9.45. The maximum atomic E-state index is 10.7. The first-order valence-corrected chi connectivity index (χ1v) is 4.24. The third-order valence-corrected chi connectivity index (χ3v) is 1.89. The molecule has 0 spiro atoms. The minimum Gasteiger partial charge on any atom is -0.478 e. The number of aromatic carboxylic acids is 4. The van der Waals surface area contributed by atoms with E-state index in [0.717, 1.165) is 0 Å². The summed E-state index contributed by atoms with van der Waals surface area (Å²) in [4.78, 5) is 46.0. The van der Waals surface area contributed by atoms with Crippen LogP contribution in [-0.4, -0.2) is 78.8 Å². The summed E-state index contributed by atoms with van der Waals surface area (Å²) in [6, 6.07) is 0.449. The van der Waals surface area contributed by atoms with E-state index in [1.165, 1.54) is 0 Å². The van der Waals surface area contributed by atoms with Gasteiger partial charge in [-0.25, -0.2) is 24.2 Å². The molecular formula is C9H5NNaO8. The summed E-state index contributed by atoms with van der Waals surface area (Å²) in [5.41, 5.74) is -3.87. The van der Waals surface area contributed by atoms with E-state index in [9.17, 15) is 19.2 Å². The van der Waals surface area contributed by atoms with Gasteiger partial charge in [-0.2, -0.15) is 0 Å². The first-order chi connectivity index (χ1) is 8.25. The number of hydrogen-bond donors (Lipinski definition) is 4. The molecular weight excluding hydrogens is 273 g/mol. The molecule has 0 aromatic carbocycles. The molecule has 1 aromatic rings. The molecule has 0 atom stereocenters. The van der Waals surface area contributed by atoms with E-state index >= 15 is 0 Å². The van der Waals surface area contributed by atoms with Crippen LogP contribution in [0.1, 0.15) is 41.7 Å². The van der Waals surface area contributed by atoms with E-state index in [0.29, 0.717) is 6.07 Å². The van der Waals surface area contributed by atoms with Crippen LogP contribution in [0.3, 0.4) is 0 Å². The third-order valence-electron chi connectivity index (χ3n) is 1.89. The van der Waals surface area contributed by atoms with Crippen molar-refractivity contribution in [3.05, 3.63) is 28.6 Å². The number of hydrogen-bond acceptors (Lipinski definition) is 5. The van der Waals surface area contributed by atoms with Gasteiger partial charge in [-0.05, 0) is 6.07 Å². The molecule has 4 N–H and O–H groups in total. The average Bonchev–Trinajstić information content (AvgIpc) is 2.26. The maximum absolute atomic E-state index is 10.7. The summed E-state index contributed by atoms with van der Waals surface area (Å²) < 4.78 is 0. The van der Waals surface area contributed by atoms with Gasteiger partial charge in [0, 0.05) is 29.6 Å². The smallest absolute Gasteiger partial charge is 0.355 e. The van der Waals surface area contributed by atoms with E-state index < -0.39 is 46.4 Å². The number of carboxylic acids is 4. The van der Waals surface area contributed by atoms with Crippen molar-refractivity contribution in [2.24, 2.45) is 0 Å². The van der Waals surface area contributed by atoms with Crippen molar-refractivity contribution >= 4 is 53.4 Å². The second-order valence-electron chi connectivity index (χ2n) is 3.00. The van der Waals surface area contributed by atoms with Crippen molar-refractivity contribution in [3.8, 4) is 0 Å². The fraction of sp³-hybridized carbons (Fsp3) is 0. The molecule has 0 saturated carbocycles. The van der Waals surface area contributed by atoms with Crippen LogP contribution in [0, 0.1) is 0 Å². The Hall–Kier alpha value is -1.97. The molecule has 0 aliphatic carbocycles. The molecule has 10 heteroatoms. The number of rotatable bonds is 4. The van der Waals surface area contributed by atoms with E-state index in [-0.39, 0.29) is 29.6 Å². The number of aromatic nitrogens is 1. The SMILES string of the molecule is O=C(O)c1cc(C(=O)O)c(C(=O)O)nc1C(=O)O.[Na]. The number of pyridine rings is 1. The van der Waals surface area contributed by atoms with Gasteiger partial charge in [0.2, 0.25) is 0 Å². The van der Waals surface area contributed by atoms with E-state index in [1.54, 1.807) is 0 Å². The van der Waals surface area contributed by atoms with Gasteiger partial charge in [0.1, 0.15) is 0 Å². The summed E-state index contributed by atoms with van der Waals surface area (Å²) >= 11 is 0. The molecule has 9 nitrogen and oxygen atoms in total. The molecule has 95 valence electrons. The Balaban J connectivity index is 0.00000324. The van der Waals surface area contributed by atoms with Crippen LogP contribution in [0.25, 0.3) is 0 Å². The van der Waals surface area contributed by atoms with Crippen molar-refractivity contribution < 1.29 is 39.6 Å². The number of nitrogens with zero attached hydrogens (tertiary/aromatic N) is 1. The molecule has 1 aromatic heterocycles. The first kappa shape index (κ1) is 17.0. The van der Waals surface area contributed by atoms with Crippen LogP contribution < -0.4 is 0 Å². The van der Waals surface area contributed by atoms with Gasteiger partial charge in [-0.15, -0.1) is 0 Å². The second-order valence-corrected chi connectivity index (χ2v) is 3.00. The molecule has 0 unspecified atom stereocenters. The van der Waals surface area contributed by atoms with Gasteiger partial charge in [0.05, 0.1) is 11.1 Å². The van der Waals surface area contributed by atoms with Crippen LogP contribution in [0.5, 0.6) is 0 Å². The number of carboxylic acid groups (broad SMARTS) is 4. The standard InChI is InChI=1S/C9H5NO8.Na/c11-6(12)2-1-3(7(13)14)5(9(17)18)10-4(2)8(15)16;/h1H,(H,11,12)(H,13,14)(H,15,16)(H,17,18);. The minimum absolute atomic E-state index is 0. The molecule has 0 amide bonds. The van der Waals surface area contributed by atoms with Gasteiger partial charge in [-0.3, -0.25) is 0 Å². The Morgan fingerprint density at radius 2 is 1.05 bits per heavy atom. The van der Waals surface area contributed by atoms with Crippen LogP contribution in [-0.2, 0) is 0 Å². The fourth-order valence-electron chi connectivity index (χ4n) is 1.17. The largest absolute Gasteiger partial charge is 0.478 e. The van der Waals surface area contributed by atoms with Gasteiger partial charge < -0.3 is 20.4 Å². The summed E-state index contributed by atoms with van der Waals surface area (Å²) in [5.74, 6) is -6.99. The monoisotopic (exact) mass is 278 g/mol.